The molecule has 3 rings (SSSR count). The van der Waals surface area contributed by atoms with Crippen molar-refractivity contribution in [3.8, 4) is 17.2 Å². The van der Waals surface area contributed by atoms with Crippen molar-refractivity contribution in [2.75, 3.05) is 21.3 Å². The van der Waals surface area contributed by atoms with Crippen LogP contribution in [0.1, 0.15) is 31.9 Å². The molecule has 0 unspecified atom stereocenters. The Hall–Kier alpha value is -4.21. The molecule has 192 valence electrons. The van der Waals surface area contributed by atoms with Crippen molar-refractivity contribution in [1.82, 2.24) is 15.7 Å². The minimum absolute atomic E-state index is 0.226. The summed E-state index contributed by atoms with van der Waals surface area (Å²) in [7, 11) is 4.52. The summed E-state index contributed by atoms with van der Waals surface area (Å²) in [6.07, 6.45) is 2.77. The molecule has 0 spiro atoms. The number of hydrogen-bond donors (Lipinski definition) is 3. The third kappa shape index (κ3) is 6.47. The van der Waals surface area contributed by atoms with Crippen LogP contribution < -0.4 is 25.0 Å². The molecule has 1 heterocycles. The van der Waals surface area contributed by atoms with Gasteiger partial charge in [0.25, 0.3) is 5.91 Å². The summed E-state index contributed by atoms with van der Waals surface area (Å²) in [5.74, 6) is 0.786. The van der Waals surface area contributed by atoms with Crippen LogP contribution in [0.3, 0.4) is 0 Å². The number of hydrogen-bond acceptors (Lipinski definition) is 7. The number of methoxy groups -OCH3 is 3. The Balaban J connectivity index is 1.81. The first-order valence-electron chi connectivity index (χ1n) is 11.3. The summed E-state index contributed by atoms with van der Waals surface area (Å²) in [4.78, 5) is 28.7. The van der Waals surface area contributed by atoms with Gasteiger partial charge in [-0.05, 0) is 44.5 Å². The van der Waals surface area contributed by atoms with Gasteiger partial charge in [-0.3, -0.25) is 4.79 Å². The second-order valence-corrected chi connectivity index (χ2v) is 8.92. The van der Waals surface area contributed by atoms with Gasteiger partial charge in [0, 0.05) is 29.1 Å². The van der Waals surface area contributed by atoms with Gasteiger partial charge < -0.3 is 29.2 Å². The van der Waals surface area contributed by atoms with Crippen LogP contribution in [-0.4, -0.2) is 56.2 Å². The zero-order chi connectivity index (χ0) is 26.3. The number of carbonyl (C=O) groups is 2. The highest BCUT2D eigenvalue weighted by Gasteiger charge is 2.25. The number of rotatable bonds is 9. The Kier molecular flexibility index (Phi) is 8.42. The van der Waals surface area contributed by atoms with E-state index in [-0.39, 0.29) is 6.42 Å². The Labute approximate surface area is 210 Å². The van der Waals surface area contributed by atoms with Gasteiger partial charge in [-0.1, -0.05) is 18.2 Å². The maximum Gasteiger partial charge on any atom is 0.408 e. The van der Waals surface area contributed by atoms with Crippen LogP contribution in [0.4, 0.5) is 4.79 Å². The van der Waals surface area contributed by atoms with Crippen LogP contribution in [0.5, 0.6) is 17.2 Å². The average molecular weight is 497 g/mol. The van der Waals surface area contributed by atoms with E-state index in [0.29, 0.717) is 22.8 Å². The van der Waals surface area contributed by atoms with Crippen LogP contribution in [0.25, 0.3) is 10.9 Å². The number of para-hydroxylation sites is 1. The topological polar surface area (TPSA) is 123 Å². The molecular weight excluding hydrogens is 464 g/mol. The summed E-state index contributed by atoms with van der Waals surface area (Å²) in [6, 6.07) is 10.2. The predicted octanol–water partition coefficient (Wildman–Crippen LogP) is 3.78. The summed E-state index contributed by atoms with van der Waals surface area (Å²) in [6.45, 7) is 5.26. The SMILES string of the molecule is COc1ccc(/C=N/NC(=O)[C@H](Cc2c[nH]c3ccccc23)NC(=O)OC(C)(C)C)c(OC)c1OC. The van der Waals surface area contributed by atoms with E-state index < -0.39 is 23.6 Å². The van der Waals surface area contributed by atoms with Crippen LogP contribution in [0.15, 0.2) is 47.7 Å². The number of nitrogens with zero attached hydrogens (tertiary/aromatic N) is 1. The number of aromatic nitrogens is 1. The van der Waals surface area contributed by atoms with Crippen LogP contribution >= 0.6 is 0 Å². The standard InChI is InChI=1S/C26H32N4O6/c1-26(2,3)36-25(32)29-20(13-17-14-27-19-10-8-7-9-18(17)19)24(31)30-28-15-16-11-12-21(33-4)23(35-6)22(16)34-5/h7-12,14-15,20,27H,13H2,1-6H3,(H,29,32)(H,30,31)/b28-15+/t20-/m0/s1. The van der Waals surface area contributed by atoms with Crippen molar-refractivity contribution in [1.29, 1.82) is 0 Å². The number of nitrogens with one attached hydrogen (secondary N) is 3. The molecule has 1 aromatic heterocycles. The van der Waals surface area contributed by atoms with E-state index in [0.717, 1.165) is 16.5 Å². The van der Waals surface area contributed by atoms with E-state index in [2.05, 4.69) is 20.8 Å². The first-order valence-corrected chi connectivity index (χ1v) is 11.3. The lowest BCUT2D eigenvalue weighted by Gasteiger charge is -2.22. The van der Waals surface area contributed by atoms with Crippen LogP contribution in [-0.2, 0) is 16.0 Å². The van der Waals surface area contributed by atoms with Crippen molar-refractivity contribution in [3.63, 3.8) is 0 Å². The molecule has 0 aliphatic rings. The molecule has 0 fully saturated rings. The molecule has 0 saturated carbocycles. The number of amides is 2. The Bertz CT molecular complexity index is 1240. The minimum atomic E-state index is -0.941. The van der Waals surface area contributed by atoms with Crippen LogP contribution in [0.2, 0.25) is 0 Å². The van der Waals surface area contributed by atoms with Gasteiger partial charge in [0.05, 0.1) is 27.5 Å². The number of carbonyl (C=O) groups excluding carboxylic acids is 2. The monoisotopic (exact) mass is 496 g/mol. The number of benzene rings is 2. The first-order chi connectivity index (χ1) is 17.2. The van der Waals surface area contributed by atoms with E-state index in [1.54, 1.807) is 32.9 Å². The molecule has 0 aliphatic heterocycles. The molecular formula is C26H32N4O6. The van der Waals surface area contributed by atoms with Gasteiger partial charge in [-0.15, -0.1) is 0 Å². The molecule has 0 radical (unpaired) electrons. The van der Waals surface area contributed by atoms with E-state index in [4.69, 9.17) is 18.9 Å². The molecule has 0 aliphatic carbocycles. The second-order valence-electron chi connectivity index (χ2n) is 8.92. The fourth-order valence-corrected chi connectivity index (χ4v) is 3.65. The molecule has 3 N–H and O–H groups in total. The average Bonchev–Trinajstić information content (AvgIpc) is 3.24. The van der Waals surface area contributed by atoms with Crippen molar-refractivity contribution < 1.29 is 28.5 Å². The quantitative estimate of drug-likeness (QED) is 0.306. The summed E-state index contributed by atoms with van der Waals surface area (Å²) in [5.41, 5.74) is 4.15. The molecule has 0 saturated heterocycles. The van der Waals surface area contributed by atoms with Gasteiger partial charge in [0.2, 0.25) is 5.75 Å². The fraction of sp³-hybridized carbons (Fsp3) is 0.346. The van der Waals surface area contributed by atoms with E-state index in [1.807, 2.05) is 30.5 Å². The summed E-state index contributed by atoms with van der Waals surface area (Å²) >= 11 is 0. The molecule has 36 heavy (non-hydrogen) atoms. The summed E-state index contributed by atoms with van der Waals surface area (Å²) in [5, 5.41) is 7.69. The molecule has 2 amide bonds. The van der Waals surface area contributed by atoms with Crippen molar-refractivity contribution in [2.45, 2.75) is 38.8 Å². The second kappa shape index (κ2) is 11.5. The third-order valence-corrected chi connectivity index (χ3v) is 5.22. The van der Waals surface area contributed by atoms with Gasteiger partial charge in [0.1, 0.15) is 11.6 Å². The van der Waals surface area contributed by atoms with Gasteiger partial charge in [-0.25, -0.2) is 10.2 Å². The molecule has 10 heteroatoms. The van der Waals surface area contributed by atoms with E-state index in [9.17, 15) is 9.59 Å². The van der Waals surface area contributed by atoms with Crippen molar-refractivity contribution >= 4 is 29.1 Å². The van der Waals surface area contributed by atoms with Gasteiger partial charge in [-0.2, -0.15) is 5.10 Å². The van der Waals surface area contributed by atoms with Crippen molar-refractivity contribution in [3.05, 3.63) is 53.7 Å². The number of fused-ring (bicyclic) bond motifs is 1. The lowest BCUT2D eigenvalue weighted by atomic mass is 10.0. The Morgan fingerprint density at radius 1 is 1.03 bits per heavy atom. The largest absolute Gasteiger partial charge is 0.493 e. The Morgan fingerprint density at radius 3 is 2.42 bits per heavy atom. The van der Waals surface area contributed by atoms with Crippen LogP contribution in [0, 0.1) is 0 Å². The van der Waals surface area contributed by atoms with Crippen molar-refractivity contribution in [2.24, 2.45) is 5.10 Å². The maximum absolute atomic E-state index is 13.1. The molecule has 0 bridgehead atoms. The smallest absolute Gasteiger partial charge is 0.408 e. The number of hydrazone groups is 1. The molecule has 1 atom stereocenters. The highest BCUT2D eigenvalue weighted by atomic mass is 16.6. The highest BCUT2D eigenvalue weighted by Crippen LogP contribution is 2.38. The highest BCUT2D eigenvalue weighted by molar-refractivity contribution is 5.90. The Morgan fingerprint density at radius 2 is 1.75 bits per heavy atom. The normalized spacial score (nSPS) is 12.3. The lowest BCUT2D eigenvalue weighted by molar-refractivity contribution is -0.123. The number of H-pyrrole nitrogens is 1. The van der Waals surface area contributed by atoms with Gasteiger partial charge >= 0.3 is 6.09 Å². The maximum atomic E-state index is 13.1. The fourth-order valence-electron chi connectivity index (χ4n) is 3.65. The van der Waals surface area contributed by atoms with E-state index in [1.165, 1.54) is 27.5 Å². The predicted molar refractivity (Wildman–Crippen MR) is 137 cm³/mol. The number of aromatic amines is 1. The third-order valence-electron chi connectivity index (χ3n) is 5.22. The number of alkyl carbamates (subject to hydrolysis) is 1. The lowest BCUT2D eigenvalue weighted by Crippen LogP contribution is -2.48. The zero-order valence-corrected chi connectivity index (χ0v) is 21.3. The van der Waals surface area contributed by atoms with E-state index >= 15 is 0 Å². The molecule has 10 nitrogen and oxygen atoms in total. The summed E-state index contributed by atoms with van der Waals surface area (Å²) < 4.78 is 21.5. The van der Waals surface area contributed by atoms with Gasteiger partial charge in [0.15, 0.2) is 11.5 Å². The minimum Gasteiger partial charge on any atom is -0.493 e. The first kappa shape index (κ1) is 26.4. The number of ether oxygens (including phenoxy) is 4. The molecule has 2 aromatic carbocycles. The molecule has 3 aromatic rings. The zero-order valence-electron chi connectivity index (χ0n) is 21.3.